The number of ether oxygens (including phenoxy) is 1. The van der Waals surface area contributed by atoms with Crippen molar-refractivity contribution in [2.24, 2.45) is 0 Å². The highest BCUT2D eigenvalue weighted by Gasteiger charge is 2.31. The van der Waals surface area contributed by atoms with E-state index in [-0.39, 0.29) is 11.6 Å². The zero-order chi connectivity index (χ0) is 16.4. The van der Waals surface area contributed by atoms with Crippen LogP contribution in [0.15, 0.2) is 48.5 Å². The van der Waals surface area contributed by atoms with Gasteiger partial charge in [-0.1, -0.05) is 24.3 Å². The van der Waals surface area contributed by atoms with Gasteiger partial charge in [0.2, 0.25) is 0 Å². The maximum Gasteiger partial charge on any atom is 0.416 e. The molecule has 0 radical (unpaired) electrons. The molecular weight excluding hydrogens is 307 g/mol. The highest BCUT2D eigenvalue weighted by atomic mass is 19.4. The van der Waals surface area contributed by atoms with Crippen molar-refractivity contribution in [2.75, 3.05) is 6.61 Å². The molecule has 3 rings (SSSR count). The van der Waals surface area contributed by atoms with Crippen LogP contribution in [0, 0.1) is 0 Å². The molecule has 2 aromatic rings. The lowest BCUT2D eigenvalue weighted by molar-refractivity contribution is -0.137. The number of carbonyl (C=O) groups is 1. The number of halogens is 3. The van der Waals surface area contributed by atoms with Crippen LogP contribution in [0.25, 0.3) is 0 Å². The largest absolute Gasteiger partial charge is 0.493 e. The summed E-state index contributed by atoms with van der Waals surface area (Å²) < 4.78 is 43.7. The highest BCUT2D eigenvalue weighted by Crippen LogP contribution is 2.32. The van der Waals surface area contributed by atoms with Gasteiger partial charge < -0.3 is 10.1 Å². The number of hydrogen-bond acceptors (Lipinski definition) is 2. The topological polar surface area (TPSA) is 38.3 Å². The molecule has 1 atom stereocenters. The number of hydrogen-bond donors (Lipinski definition) is 1. The van der Waals surface area contributed by atoms with Crippen molar-refractivity contribution in [3.63, 3.8) is 0 Å². The summed E-state index contributed by atoms with van der Waals surface area (Å²) in [6.07, 6.45) is -3.90. The minimum Gasteiger partial charge on any atom is -0.493 e. The van der Waals surface area contributed by atoms with Gasteiger partial charge in [-0.05, 0) is 24.3 Å². The van der Waals surface area contributed by atoms with Crippen LogP contribution >= 0.6 is 0 Å². The third-order valence-electron chi connectivity index (χ3n) is 3.72. The number of amides is 1. The van der Waals surface area contributed by atoms with Crippen molar-refractivity contribution >= 4 is 5.91 Å². The fraction of sp³-hybridized carbons (Fsp3) is 0.235. The number of nitrogens with one attached hydrogen (secondary N) is 1. The van der Waals surface area contributed by atoms with E-state index < -0.39 is 17.6 Å². The number of rotatable bonds is 2. The Morgan fingerprint density at radius 1 is 1.13 bits per heavy atom. The summed E-state index contributed by atoms with van der Waals surface area (Å²) in [4.78, 5) is 12.3. The van der Waals surface area contributed by atoms with E-state index in [1.165, 1.54) is 12.1 Å². The first-order valence-corrected chi connectivity index (χ1v) is 7.15. The number of para-hydroxylation sites is 1. The number of alkyl halides is 3. The molecule has 0 aliphatic carbocycles. The Labute approximate surface area is 131 Å². The molecule has 2 aromatic carbocycles. The fourth-order valence-corrected chi connectivity index (χ4v) is 2.57. The molecule has 23 heavy (non-hydrogen) atoms. The van der Waals surface area contributed by atoms with Crippen molar-refractivity contribution in [1.82, 2.24) is 5.32 Å². The average molecular weight is 321 g/mol. The fourth-order valence-electron chi connectivity index (χ4n) is 2.57. The molecule has 0 spiro atoms. The number of fused-ring (bicyclic) bond motifs is 1. The van der Waals surface area contributed by atoms with Gasteiger partial charge in [-0.2, -0.15) is 13.2 Å². The second-order valence-corrected chi connectivity index (χ2v) is 5.28. The smallest absolute Gasteiger partial charge is 0.416 e. The molecule has 1 aliphatic heterocycles. The van der Waals surface area contributed by atoms with Crippen molar-refractivity contribution < 1.29 is 22.7 Å². The van der Waals surface area contributed by atoms with E-state index in [4.69, 9.17) is 4.74 Å². The molecule has 120 valence electrons. The van der Waals surface area contributed by atoms with E-state index in [2.05, 4.69) is 5.32 Å². The Balaban J connectivity index is 1.81. The van der Waals surface area contributed by atoms with Crippen LogP contribution in [-0.4, -0.2) is 12.5 Å². The third kappa shape index (κ3) is 3.31. The van der Waals surface area contributed by atoms with E-state index in [1.54, 1.807) is 6.07 Å². The lowest BCUT2D eigenvalue weighted by Gasteiger charge is -2.26. The highest BCUT2D eigenvalue weighted by molar-refractivity contribution is 5.94. The van der Waals surface area contributed by atoms with Crippen LogP contribution in [0.2, 0.25) is 0 Å². The molecule has 1 amide bonds. The summed E-state index contributed by atoms with van der Waals surface area (Å²) in [7, 11) is 0. The first-order valence-electron chi connectivity index (χ1n) is 7.15. The SMILES string of the molecule is O=C(N[C@@H]1CCOc2ccccc21)c1cccc(C(F)(F)F)c1. The van der Waals surface area contributed by atoms with Crippen LogP contribution < -0.4 is 10.1 Å². The minimum absolute atomic E-state index is 0.0104. The molecule has 0 aromatic heterocycles. The second kappa shape index (κ2) is 5.95. The summed E-state index contributed by atoms with van der Waals surface area (Å²) in [6.45, 7) is 0.449. The lowest BCUT2D eigenvalue weighted by Crippen LogP contribution is -2.32. The molecule has 0 saturated heterocycles. The van der Waals surface area contributed by atoms with Crippen molar-refractivity contribution in [3.05, 3.63) is 65.2 Å². The van der Waals surface area contributed by atoms with Crippen LogP contribution in [-0.2, 0) is 6.18 Å². The van der Waals surface area contributed by atoms with E-state index in [0.29, 0.717) is 18.8 Å². The molecule has 0 saturated carbocycles. The third-order valence-corrected chi connectivity index (χ3v) is 3.72. The summed E-state index contributed by atoms with van der Waals surface area (Å²) in [5.41, 5.74) is -0.0135. The van der Waals surface area contributed by atoms with Gasteiger partial charge in [-0.25, -0.2) is 0 Å². The maximum absolute atomic E-state index is 12.7. The van der Waals surface area contributed by atoms with Crippen molar-refractivity contribution in [3.8, 4) is 5.75 Å². The Morgan fingerprint density at radius 2 is 1.91 bits per heavy atom. The van der Waals surface area contributed by atoms with E-state index >= 15 is 0 Å². The van der Waals surface area contributed by atoms with Gasteiger partial charge in [0.05, 0.1) is 18.2 Å². The monoisotopic (exact) mass is 321 g/mol. The molecule has 6 heteroatoms. The number of benzene rings is 2. The molecule has 1 aliphatic rings. The van der Waals surface area contributed by atoms with Crippen LogP contribution in [0.5, 0.6) is 5.75 Å². The van der Waals surface area contributed by atoms with Gasteiger partial charge in [0.15, 0.2) is 0 Å². The molecule has 0 bridgehead atoms. The summed E-state index contributed by atoms with van der Waals surface area (Å²) in [5, 5.41) is 2.78. The zero-order valence-corrected chi connectivity index (χ0v) is 12.1. The quantitative estimate of drug-likeness (QED) is 0.909. The standard InChI is InChI=1S/C17H14F3NO2/c18-17(19,20)12-5-3-4-11(10-12)16(22)21-14-8-9-23-15-7-2-1-6-13(14)15/h1-7,10,14H,8-9H2,(H,21,22)/t14-/m1/s1. The molecule has 0 fully saturated rings. The molecule has 0 unspecified atom stereocenters. The Hall–Kier alpha value is -2.50. The molecule has 3 nitrogen and oxygen atoms in total. The van der Waals surface area contributed by atoms with Gasteiger partial charge in [-0.3, -0.25) is 4.79 Å². The van der Waals surface area contributed by atoms with Gasteiger partial charge in [-0.15, -0.1) is 0 Å². The Morgan fingerprint density at radius 3 is 2.70 bits per heavy atom. The Kier molecular flexibility index (Phi) is 3.98. The summed E-state index contributed by atoms with van der Waals surface area (Å²) >= 11 is 0. The maximum atomic E-state index is 12.7. The predicted octanol–water partition coefficient (Wildman–Crippen LogP) is 3.96. The van der Waals surface area contributed by atoms with Gasteiger partial charge in [0.1, 0.15) is 5.75 Å². The van der Waals surface area contributed by atoms with Crippen LogP contribution in [0.4, 0.5) is 13.2 Å². The van der Waals surface area contributed by atoms with Crippen molar-refractivity contribution in [1.29, 1.82) is 0 Å². The summed E-state index contributed by atoms with van der Waals surface area (Å²) in [5.74, 6) is 0.158. The minimum atomic E-state index is -4.47. The zero-order valence-electron chi connectivity index (χ0n) is 12.1. The second-order valence-electron chi connectivity index (χ2n) is 5.28. The van der Waals surface area contributed by atoms with Gasteiger partial charge >= 0.3 is 6.18 Å². The van der Waals surface area contributed by atoms with E-state index in [1.807, 2.05) is 18.2 Å². The summed E-state index contributed by atoms with van der Waals surface area (Å²) in [6, 6.07) is 11.4. The number of carbonyl (C=O) groups excluding carboxylic acids is 1. The average Bonchev–Trinajstić information content (AvgIpc) is 2.54. The normalized spacial score (nSPS) is 17.1. The first-order chi connectivity index (χ1) is 10.9. The van der Waals surface area contributed by atoms with Crippen LogP contribution in [0.1, 0.15) is 33.9 Å². The lowest BCUT2D eigenvalue weighted by atomic mass is 10.00. The van der Waals surface area contributed by atoms with Gasteiger partial charge in [0.25, 0.3) is 5.91 Å². The van der Waals surface area contributed by atoms with Gasteiger partial charge in [0, 0.05) is 17.5 Å². The molecular formula is C17H14F3NO2. The molecule has 1 heterocycles. The molecule has 1 N–H and O–H groups in total. The van der Waals surface area contributed by atoms with E-state index in [0.717, 1.165) is 17.7 Å². The van der Waals surface area contributed by atoms with Crippen LogP contribution in [0.3, 0.4) is 0 Å². The predicted molar refractivity (Wildman–Crippen MR) is 78.2 cm³/mol. The van der Waals surface area contributed by atoms with Crippen molar-refractivity contribution in [2.45, 2.75) is 18.6 Å². The first kappa shape index (κ1) is 15.4. The van der Waals surface area contributed by atoms with E-state index in [9.17, 15) is 18.0 Å². The Bertz CT molecular complexity index is 728.